The number of hydrogen-bond acceptors (Lipinski definition) is 3. The topological polar surface area (TPSA) is 37.0 Å². The molecule has 2 N–H and O–H groups in total. The van der Waals surface area contributed by atoms with Crippen LogP contribution in [0.3, 0.4) is 0 Å². The Morgan fingerprint density at radius 3 is 2.18 bits per heavy atom. The summed E-state index contributed by atoms with van der Waals surface area (Å²) in [6, 6.07) is 28.5. The second kappa shape index (κ2) is 12.4. The summed E-state index contributed by atoms with van der Waals surface area (Å²) in [5.41, 5.74) is 5.97. The second-order valence-electron chi connectivity index (χ2n) is 8.66. The van der Waals surface area contributed by atoms with Crippen LogP contribution in [0.1, 0.15) is 31.2 Å². The van der Waals surface area contributed by atoms with Crippen molar-refractivity contribution in [1.29, 1.82) is 0 Å². The van der Waals surface area contributed by atoms with Gasteiger partial charge in [-0.1, -0.05) is 66.2 Å². The van der Waals surface area contributed by atoms with Crippen molar-refractivity contribution in [2.75, 3.05) is 5.32 Å². The molecule has 0 amide bonds. The van der Waals surface area contributed by atoms with Crippen molar-refractivity contribution in [3.63, 3.8) is 0 Å². The Labute approximate surface area is 219 Å². The number of pyridine rings is 1. The monoisotopic (exact) mass is 513 g/mol. The molecule has 1 aliphatic rings. The van der Waals surface area contributed by atoms with Gasteiger partial charge >= 0.3 is 0 Å². The number of hydrogen-bond donors (Lipinski definition) is 2. The molecule has 0 atom stereocenters. The second-order valence-corrected chi connectivity index (χ2v) is 9.09. The predicted octanol–water partition coefficient (Wildman–Crippen LogP) is 7.91. The molecule has 5 rings (SSSR count). The van der Waals surface area contributed by atoms with Crippen LogP contribution in [-0.4, -0.2) is 17.1 Å². The zero-order valence-electron chi connectivity index (χ0n) is 18.9. The highest BCUT2D eigenvalue weighted by molar-refractivity contribution is 6.31. The third-order valence-electron chi connectivity index (χ3n) is 6.45. The summed E-state index contributed by atoms with van der Waals surface area (Å²) in [4.78, 5) is 4.45. The smallest absolute Gasteiger partial charge is 0.0737 e. The van der Waals surface area contributed by atoms with Crippen LogP contribution >= 0.6 is 36.4 Å². The molecule has 1 aliphatic carbocycles. The number of benzene rings is 3. The van der Waals surface area contributed by atoms with Gasteiger partial charge in [-0.15, -0.1) is 24.8 Å². The standard InChI is InChI=1S/C28H28ClN3.2ClH/c29-23-10-15-26-27(16-17-30-28(26)18-23)32-25-13-11-24(12-14-25)31-19-20-6-8-22(9-7-20)21-4-2-1-3-5-21;;/h1-10,15-18,24-25,31H,11-14,19H2,(H,30,32);2*1H. The SMILES string of the molecule is Cl.Cl.Clc1ccc2c(NC3CCC(NCc4ccc(-c5ccccc5)cc4)CC3)ccnc2c1. The van der Waals surface area contributed by atoms with Crippen LogP contribution in [0.15, 0.2) is 85.1 Å². The van der Waals surface area contributed by atoms with E-state index in [1.807, 2.05) is 18.3 Å². The Morgan fingerprint density at radius 2 is 1.44 bits per heavy atom. The van der Waals surface area contributed by atoms with Crippen molar-refractivity contribution < 1.29 is 0 Å². The molecule has 1 saturated carbocycles. The first-order valence-electron chi connectivity index (χ1n) is 11.4. The van der Waals surface area contributed by atoms with Gasteiger partial charge in [-0.25, -0.2) is 0 Å². The van der Waals surface area contributed by atoms with E-state index in [1.54, 1.807) is 0 Å². The van der Waals surface area contributed by atoms with Gasteiger partial charge in [0.05, 0.1) is 5.52 Å². The normalized spacial score (nSPS) is 17.4. The van der Waals surface area contributed by atoms with Gasteiger partial charge in [-0.2, -0.15) is 0 Å². The molecule has 178 valence electrons. The van der Waals surface area contributed by atoms with E-state index in [9.17, 15) is 0 Å². The molecule has 0 bridgehead atoms. The van der Waals surface area contributed by atoms with E-state index in [0.717, 1.165) is 28.2 Å². The van der Waals surface area contributed by atoms with Gasteiger partial charge in [0.25, 0.3) is 0 Å². The van der Waals surface area contributed by atoms with Crippen LogP contribution < -0.4 is 10.6 Å². The van der Waals surface area contributed by atoms with Gasteiger partial charge in [-0.3, -0.25) is 4.98 Å². The molecule has 1 heterocycles. The summed E-state index contributed by atoms with van der Waals surface area (Å²) in [6.07, 6.45) is 6.57. The summed E-state index contributed by atoms with van der Waals surface area (Å²) in [5, 5.41) is 9.37. The number of anilines is 1. The lowest BCUT2D eigenvalue weighted by atomic mass is 9.90. The molecule has 0 spiro atoms. The third kappa shape index (κ3) is 6.43. The Hall–Kier alpha value is -2.30. The van der Waals surface area contributed by atoms with Crippen LogP contribution in [0.5, 0.6) is 0 Å². The molecule has 0 unspecified atom stereocenters. The van der Waals surface area contributed by atoms with E-state index in [4.69, 9.17) is 11.6 Å². The van der Waals surface area contributed by atoms with Gasteiger partial charge in [0.1, 0.15) is 0 Å². The molecule has 6 heteroatoms. The molecule has 3 nitrogen and oxygen atoms in total. The molecule has 3 aromatic carbocycles. The predicted molar refractivity (Wildman–Crippen MR) is 150 cm³/mol. The average Bonchev–Trinajstić information content (AvgIpc) is 2.84. The van der Waals surface area contributed by atoms with Gasteiger partial charge in [0.15, 0.2) is 0 Å². The van der Waals surface area contributed by atoms with Crippen LogP contribution in [0, 0.1) is 0 Å². The first-order chi connectivity index (χ1) is 15.7. The average molecular weight is 515 g/mol. The minimum absolute atomic E-state index is 0. The highest BCUT2D eigenvalue weighted by Gasteiger charge is 2.21. The minimum Gasteiger partial charge on any atom is -0.382 e. The van der Waals surface area contributed by atoms with Crippen molar-refractivity contribution in [2.24, 2.45) is 0 Å². The first kappa shape index (κ1) is 26.3. The van der Waals surface area contributed by atoms with E-state index < -0.39 is 0 Å². The molecule has 0 saturated heterocycles. The van der Waals surface area contributed by atoms with Crippen LogP contribution in [0.25, 0.3) is 22.0 Å². The summed E-state index contributed by atoms with van der Waals surface area (Å²) < 4.78 is 0. The maximum atomic E-state index is 6.12. The Morgan fingerprint density at radius 1 is 0.765 bits per heavy atom. The summed E-state index contributed by atoms with van der Waals surface area (Å²) in [5.74, 6) is 0. The van der Waals surface area contributed by atoms with Crippen LogP contribution in [-0.2, 0) is 6.54 Å². The molecule has 4 aromatic rings. The number of nitrogens with one attached hydrogen (secondary N) is 2. The number of nitrogens with zero attached hydrogens (tertiary/aromatic N) is 1. The number of halogens is 3. The summed E-state index contributed by atoms with van der Waals surface area (Å²) in [7, 11) is 0. The van der Waals surface area contributed by atoms with E-state index in [1.165, 1.54) is 42.4 Å². The van der Waals surface area contributed by atoms with Gasteiger partial charge in [-0.05, 0) is 66.6 Å². The Bertz CT molecular complexity index is 1170. The number of rotatable bonds is 6. The van der Waals surface area contributed by atoms with E-state index in [-0.39, 0.29) is 24.8 Å². The minimum atomic E-state index is 0. The van der Waals surface area contributed by atoms with E-state index >= 15 is 0 Å². The van der Waals surface area contributed by atoms with Crippen LogP contribution in [0.2, 0.25) is 5.02 Å². The molecule has 1 fully saturated rings. The third-order valence-corrected chi connectivity index (χ3v) is 6.68. The zero-order valence-corrected chi connectivity index (χ0v) is 21.3. The van der Waals surface area contributed by atoms with Gasteiger partial charge in [0, 0.05) is 40.9 Å². The molecular formula is C28H30Cl3N3. The van der Waals surface area contributed by atoms with E-state index in [0.29, 0.717) is 12.1 Å². The summed E-state index contributed by atoms with van der Waals surface area (Å²) in [6.45, 7) is 0.924. The fourth-order valence-corrected chi connectivity index (χ4v) is 4.78. The number of aromatic nitrogens is 1. The lowest BCUT2D eigenvalue weighted by Gasteiger charge is -2.30. The highest BCUT2D eigenvalue weighted by atomic mass is 35.5. The Balaban J connectivity index is 0.00000162. The first-order valence-corrected chi connectivity index (χ1v) is 11.8. The highest BCUT2D eigenvalue weighted by Crippen LogP contribution is 2.28. The van der Waals surface area contributed by atoms with Gasteiger partial charge < -0.3 is 10.6 Å². The fraction of sp³-hybridized carbons (Fsp3) is 0.250. The van der Waals surface area contributed by atoms with Crippen molar-refractivity contribution in [1.82, 2.24) is 10.3 Å². The molecule has 0 aliphatic heterocycles. The maximum absolute atomic E-state index is 6.12. The van der Waals surface area contributed by atoms with Crippen molar-refractivity contribution in [3.8, 4) is 11.1 Å². The molecular weight excluding hydrogens is 485 g/mol. The lowest BCUT2D eigenvalue weighted by Crippen LogP contribution is -2.36. The Kier molecular flexibility index (Phi) is 9.61. The molecule has 0 radical (unpaired) electrons. The van der Waals surface area contributed by atoms with Gasteiger partial charge in [0.2, 0.25) is 0 Å². The van der Waals surface area contributed by atoms with Crippen LogP contribution in [0.4, 0.5) is 5.69 Å². The van der Waals surface area contributed by atoms with Crippen molar-refractivity contribution in [3.05, 3.63) is 95.6 Å². The lowest BCUT2D eigenvalue weighted by molar-refractivity contribution is 0.353. The fourth-order valence-electron chi connectivity index (χ4n) is 4.62. The van der Waals surface area contributed by atoms with Crippen molar-refractivity contribution >= 4 is 53.0 Å². The quantitative estimate of drug-likeness (QED) is 0.274. The largest absolute Gasteiger partial charge is 0.382 e. The molecule has 1 aromatic heterocycles. The summed E-state index contributed by atoms with van der Waals surface area (Å²) >= 11 is 6.12. The van der Waals surface area contributed by atoms with E-state index in [2.05, 4.69) is 82.3 Å². The van der Waals surface area contributed by atoms with Crippen molar-refractivity contribution in [2.45, 2.75) is 44.3 Å². The zero-order chi connectivity index (χ0) is 21.8. The maximum Gasteiger partial charge on any atom is 0.0737 e. The number of fused-ring (bicyclic) bond motifs is 1. The molecule has 34 heavy (non-hydrogen) atoms.